The number of hydrogen-bond acceptors (Lipinski definition) is 0. The van der Waals surface area contributed by atoms with Gasteiger partial charge in [0.25, 0.3) is 0 Å². The summed E-state index contributed by atoms with van der Waals surface area (Å²) in [7, 11) is 0. The lowest BCUT2D eigenvalue weighted by Crippen LogP contribution is -2.55. The third-order valence-corrected chi connectivity index (χ3v) is 7.77. The summed E-state index contributed by atoms with van der Waals surface area (Å²) in [6.45, 7) is 12.5. The second-order valence-electron chi connectivity index (χ2n) is 9.72. The van der Waals surface area contributed by atoms with Gasteiger partial charge in [-0.15, -0.1) is 0 Å². The average Bonchev–Trinajstić information content (AvgIpc) is 2.96. The van der Waals surface area contributed by atoms with E-state index in [1.54, 1.807) is 0 Å². The average molecular weight is 381 g/mol. The molecular weight excluding hydrogens is 326 g/mol. The van der Waals surface area contributed by atoms with Crippen LogP contribution in [0.1, 0.15) is 143 Å². The normalized spacial score (nSPS) is 21.8. The first kappa shape index (κ1) is 25.0. The van der Waals surface area contributed by atoms with Crippen LogP contribution in [0.25, 0.3) is 0 Å². The van der Waals surface area contributed by atoms with Crippen LogP contribution in [0.2, 0.25) is 0 Å². The Hall–Kier alpha value is -0.0400. The van der Waals surface area contributed by atoms with Crippen molar-refractivity contribution in [3.63, 3.8) is 0 Å². The van der Waals surface area contributed by atoms with Gasteiger partial charge >= 0.3 is 0 Å². The van der Waals surface area contributed by atoms with E-state index in [1.807, 2.05) is 0 Å². The molecule has 0 bridgehead atoms. The zero-order valence-electron chi connectivity index (χ0n) is 19.7. The Morgan fingerprint density at radius 3 is 1.19 bits per heavy atom. The van der Waals surface area contributed by atoms with E-state index in [4.69, 9.17) is 0 Å². The Morgan fingerprint density at radius 2 is 0.852 bits per heavy atom. The van der Waals surface area contributed by atoms with Crippen molar-refractivity contribution < 1.29 is 4.48 Å². The van der Waals surface area contributed by atoms with E-state index in [0.717, 1.165) is 12.1 Å². The Balaban J connectivity index is 1.84. The number of quaternary nitrogens is 1. The molecule has 0 aliphatic carbocycles. The third-order valence-electron chi connectivity index (χ3n) is 7.77. The molecule has 0 radical (unpaired) electrons. The van der Waals surface area contributed by atoms with E-state index in [1.165, 1.54) is 133 Å². The number of hydrogen-bond donors (Lipinski definition) is 0. The van der Waals surface area contributed by atoms with Gasteiger partial charge in [0.15, 0.2) is 0 Å². The van der Waals surface area contributed by atoms with Gasteiger partial charge < -0.3 is 4.48 Å². The summed E-state index contributed by atoms with van der Waals surface area (Å²) < 4.78 is 1.42. The van der Waals surface area contributed by atoms with Crippen molar-refractivity contribution in [3.05, 3.63) is 0 Å². The molecule has 0 unspecified atom stereocenters. The largest absolute Gasteiger partial charge is 0.319 e. The number of unbranched alkanes of at least 4 members (excludes halogenated alkanes) is 15. The third kappa shape index (κ3) is 9.82. The summed E-state index contributed by atoms with van der Waals surface area (Å²) >= 11 is 0. The zero-order chi connectivity index (χ0) is 19.8. The maximum absolute atomic E-state index is 2.50. The Kier molecular flexibility index (Phi) is 14.7. The Labute approximate surface area is 173 Å². The summed E-state index contributed by atoms with van der Waals surface area (Å²) in [5.74, 6) is 0. The minimum atomic E-state index is 0.904. The molecule has 0 aromatic carbocycles. The molecule has 27 heavy (non-hydrogen) atoms. The predicted molar refractivity (Wildman–Crippen MR) is 123 cm³/mol. The van der Waals surface area contributed by atoms with E-state index in [-0.39, 0.29) is 0 Å². The monoisotopic (exact) mass is 380 g/mol. The molecule has 1 heterocycles. The van der Waals surface area contributed by atoms with Crippen molar-refractivity contribution in [2.45, 2.75) is 155 Å². The summed E-state index contributed by atoms with van der Waals surface area (Å²) in [6, 6.07) is 1.81. The van der Waals surface area contributed by atoms with Crippen LogP contribution in [0.5, 0.6) is 0 Å². The van der Waals surface area contributed by atoms with Gasteiger partial charge in [-0.05, 0) is 33.6 Å². The highest BCUT2D eigenvalue weighted by molar-refractivity contribution is 4.70. The second-order valence-corrected chi connectivity index (χ2v) is 9.72. The van der Waals surface area contributed by atoms with Crippen LogP contribution in [0.4, 0.5) is 0 Å². The molecular formula is C26H54N+. The molecule has 162 valence electrons. The SMILES string of the molecule is CCCCCCCCCCCCCCCCCC[N+]1(CC)[C@@H](C)CC[C@@H]1C. The van der Waals surface area contributed by atoms with Gasteiger partial charge in [-0.2, -0.15) is 0 Å². The molecule has 0 aromatic rings. The van der Waals surface area contributed by atoms with E-state index in [9.17, 15) is 0 Å². The maximum atomic E-state index is 2.50. The predicted octanol–water partition coefficient (Wildman–Crippen LogP) is 8.66. The first-order chi connectivity index (χ1) is 13.2. The summed E-state index contributed by atoms with van der Waals surface area (Å²) in [6.07, 6.45) is 26.4. The quantitative estimate of drug-likeness (QED) is 0.165. The molecule has 1 nitrogen and oxygen atoms in total. The lowest BCUT2D eigenvalue weighted by Gasteiger charge is -2.42. The van der Waals surface area contributed by atoms with Crippen LogP contribution < -0.4 is 0 Å². The van der Waals surface area contributed by atoms with Crippen LogP contribution in [0.15, 0.2) is 0 Å². The molecule has 1 rings (SSSR count). The van der Waals surface area contributed by atoms with Crippen LogP contribution in [0, 0.1) is 0 Å². The second kappa shape index (κ2) is 15.8. The van der Waals surface area contributed by atoms with E-state index in [0.29, 0.717) is 0 Å². The smallest absolute Gasteiger partial charge is 0.0866 e. The highest BCUT2D eigenvalue weighted by atomic mass is 15.4. The van der Waals surface area contributed by atoms with Crippen LogP contribution >= 0.6 is 0 Å². The first-order valence-electron chi connectivity index (χ1n) is 13.0. The van der Waals surface area contributed by atoms with Crippen molar-refractivity contribution in [1.29, 1.82) is 0 Å². The highest BCUT2D eigenvalue weighted by Crippen LogP contribution is 2.33. The molecule has 0 aromatic heterocycles. The summed E-state index contributed by atoms with van der Waals surface area (Å²) in [4.78, 5) is 0. The number of nitrogens with zero attached hydrogens (tertiary/aromatic N) is 1. The van der Waals surface area contributed by atoms with Crippen LogP contribution in [-0.2, 0) is 0 Å². The molecule has 1 fully saturated rings. The maximum Gasteiger partial charge on any atom is 0.0866 e. The molecule has 2 atom stereocenters. The van der Waals surface area contributed by atoms with Gasteiger partial charge in [-0.1, -0.05) is 96.8 Å². The topological polar surface area (TPSA) is 0 Å². The minimum absolute atomic E-state index is 0.904. The molecule has 1 saturated heterocycles. The molecule has 0 saturated carbocycles. The lowest BCUT2D eigenvalue weighted by molar-refractivity contribution is -0.956. The fraction of sp³-hybridized carbons (Fsp3) is 1.00. The first-order valence-corrected chi connectivity index (χ1v) is 13.0. The molecule has 0 amide bonds. The Bertz CT molecular complexity index is 314. The summed E-state index contributed by atoms with van der Waals surface area (Å²) in [5, 5.41) is 0. The zero-order valence-corrected chi connectivity index (χ0v) is 19.7. The van der Waals surface area contributed by atoms with Gasteiger partial charge in [-0.3, -0.25) is 0 Å². The summed E-state index contributed by atoms with van der Waals surface area (Å²) in [5.41, 5.74) is 0. The van der Waals surface area contributed by atoms with Crippen LogP contribution in [-0.4, -0.2) is 29.7 Å². The van der Waals surface area contributed by atoms with Crippen molar-refractivity contribution in [2.75, 3.05) is 13.1 Å². The Morgan fingerprint density at radius 1 is 0.519 bits per heavy atom. The van der Waals surface area contributed by atoms with Crippen molar-refractivity contribution in [2.24, 2.45) is 0 Å². The van der Waals surface area contributed by atoms with Crippen molar-refractivity contribution >= 4 is 0 Å². The van der Waals surface area contributed by atoms with Gasteiger partial charge in [-0.25, -0.2) is 0 Å². The van der Waals surface area contributed by atoms with E-state index in [2.05, 4.69) is 27.7 Å². The number of rotatable bonds is 18. The van der Waals surface area contributed by atoms with Crippen LogP contribution in [0.3, 0.4) is 0 Å². The van der Waals surface area contributed by atoms with E-state index < -0.39 is 0 Å². The fourth-order valence-corrected chi connectivity index (χ4v) is 5.61. The van der Waals surface area contributed by atoms with Gasteiger partial charge in [0.2, 0.25) is 0 Å². The highest BCUT2D eigenvalue weighted by Gasteiger charge is 2.42. The van der Waals surface area contributed by atoms with Crippen molar-refractivity contribution in [1.82, 2.24) is 0 Å². The lowest BCUT2D eigenvalue weighted by atomic mass is 10.0. The molecule has 0 N–H and O–H groups in total. The molecule has 1 aliphatic rings. The van der Waals surface area contributed by atoms with Gasteiger partial charge in [0.05, 0.1) is 25.2 Å². The van der Waals surface area contributed by atoms with Gasteiger partial charge in [0, 0.05) is 12.8 Å². The van der Waals surface area contributed by atoms with Gasteiger partial charge in [0.1, 0.15) is 0 Å². The standard InChI is InChI=1S/C26H54N/c1-5-7-8-9-10-11-12-13-14-15-16-17-18-19-20-21-24-27(6-2)25(3)22-23-26(27)4/h25-26H,5-24H2,1-4H3/q+1/t25-,26-/m0/s1. The minimum Gasteiger partial charge on any atom is -0.319 e. The van der Waals surface area contributed by atoms with E-state index >= 15 is 0 Å². The molecule has 1 heteroatoms. The number of likely N-dealkylation sites (tertiary alicyclic amines) is 1. The molecule has 1 aliphatic heterocycles. The van der Waals surface area contributed by atoms with Crippen molar-refractivity contribution in [3.8, 4) is 0 Å². The fourth-order valence-electron chi connectivity index (χ4n) is 5.61. The molecule has 0 spiro atoms.